The molecule has 0 aliphatic carbocycles. The molecular weight excluding hydrogens is 453 g/mol. The molecule has 0 spiro atoms. The second-order valence-corrected chi connectivity index (χ2v) is 8.53. The van der Waals surface area contributed by atoms with E-state index in [-0.39, 0.29) is 27.2 Å². The van der Waals surface area contributed by atoms with Crippen LogP contribution in [-0.4, -0.2) is 37.2 Å². The van der Waals surface area contributed by atoms with Crippen molar-refractivity contribution in [1.29, 1.82) is 0 Å². The molecule has 0 bridgehead atoms. The summed E-state index contributed by atoms with van der Waals surface area (Å²) in [6.07, 6.45) is -0.206. The van der Waals surface area contributed by atoms with Crippen LogP contribution in [0.4, 0.5) is 13.2 Å². The molecular formula is C23H25F3N4O4. The van der Waals surface area contributed by atoms with Crippen LogP contribution in [-0.2, 0) is 10.2 Å². The summed E-state index contributed by atoms with van der Waals surface area (Å²) in [4.78, 5) is 46.6. The van der Waals surface area contributed by atoms with E-state index in [1.807, 2.05) is 52.8 Å². The van der Waals surface area contributed by atoms with Crippen molar-refractivity contribution in [2.24, 2.45) is 0 Å². The van der Waals surface area contributed by atoms with Gasteiger partial charge in [0.25, 0.3) is 11.1 Å². The lowest BCUT2D eigenvalue weighted by atomic mass is 9.90. The Morgan fingerprint density at radius 1 is 1.00 bits per heavy atom. The molecule has 2 aromatic heterocycles. The number of H-pyrrole nitrogens is 3. The van der Waals surface area contributed by atoms with Crippen LogP contribution in [0.5, 0.6) is 0 Å². The van der Waals surface area contributed by atoms with Gasteiger partial charge in [0.1, 0.15) is 10.7 Å². The first-order chi connectivity index (χ1) is 15.6. The van der Waals surface area contributed by atoms with Crippen LogP contribution >= 0.6 is 0 Å². The van der Waals surface area contributed by atoms with Crippen LogP contribution < -0.4 is 21.8 Å². The minimum Gasteiger partial charge on any atom is -0.475 e. The summed E-state index contributed by atoms with van der Waals surface area (Å²) < 4.78 is 31.7. The summed E-state index contributed by atoms with van der Waals surface area (Å²) in [5.41, 5.74) is 3.74. The third-order valence-electron chi connectivity index (χ3n) is 4.87. The number of hydrogen-bond acceptors (Lipinski definition) is 4. The molecule has 0 unspecified atom stereocenters. The number of imidazole rings is 1. The van der Waals surface area contributed by atoms with Gasteiger partial charge in [-0.15, -0.1) is 0 Å². The van der Waals surface area contributed by atoms with Gasteiger partial charge in [-0.05, 0) is 42.7 Å². The fraction of sp³-hybridized carbons (Fsp3) is 0.304. The summed E-state index contributed by atoms with van der Waals surface area (Å²) in [6.45, 7) is 10.1. The number of nitrogens with one attached hydrogen (secondary N) is 3. The van der Waals surface area contributed by atoms with Crippen molar-refractivity contribution in [2.45, 2.75) is 46.2 Å². The second kappa shape index (κ2) is 9.94. The first-order valence-electron chi connectivity index (χ1n) is 10.1. The zero-order valence-corrected chi connectivity index (χ0v) is 19.2. The van der Waals surface area contributed by atoms with Crippen molar-refractivity contribution in [1.82, 2.24) is 19.9 Å². The molecule has 8 nitrogen and oxygen atoms in total. The lowest BCUT2D eigenvalue weighted by molar-refractivity contribution is -0.192. The maximum absolute atomic E-state index is 12.5. The van der Waals surface area contributed by atoms with Crippen molar-refractivity contribution in [2.75, 3.05) is 0 Å². The SMILES string of the molecule is Cc1cccc(/C=c2\[nH]c(=O)/c(=C/c3nc[nH]c3C(C)(C)C)[nH]c2=O)c1C.O=C(O)C(F)(F)F. The molecule has 0 fully saturated rings. The van der Waals surface area contributed by atoms with E-state index in [1.165, 1.54) is 0 Å². The van der Waals surface area contributed by atoms with E-state index in [4.69, 9.17) is 9.90 Å². The Kier molecular flexibility index (Phi) is 7.71. The molecule has 0 radical (unpaired) electrons. The van der Waals surface area contributed by atoms with Gasteiger partial charge in [0.05, 0.1) is 12.0 Å². The van der Waals surface area contributed by atoms with E-state index in [1.54, 1.807) is 18.5 Å². The summed E-state index contributed by atoms with van der Waals surface area (Å²) in [5.74, 6) is -2.76. The van der Waals surface area contributed by atoms with Gasteiger partial charge in [0.2, 0.25) is 0 Å². The Labute approximate surface area is 191 Å². The summed E-state index contributed by atoms with van der Waals surface area (Å²) in [5, 5.41) is 7.53. The van der Waals surface area contributed by atoms with Crippen molar-refractivity contribution in [3.05, 3.63) is 84.0 Å². The van der Waals surface area contributed by atoms with Crippen LogP contribution in [0.15, 0.2) is 34.1 Å². The van der Waals surface area contributed by atoms with Crippen molar-refractivity contribution in [3.63, 3.8) is 0 Å². The molecule has 0 atom stereocenters. The van der Waals surface area contributed by atoms with Crippen molar-refractivity contribution >= 4 is 18.1 Å². The van der Waals surface area contributed by atoms with Gasteiger partial charge in [0.15, 0.2) is 0 Å². The molecule has 1 aromatic carbocycles. The largest absolute Gasteiger partial charge is 0.490 e. The fourth-order valence-corrected chi connectivity index (χ4v) is 2.93. The monoisotopic (exact) mass is 478 g/mol. The zero-order valence-electron chi connectivity index (χ0n) is 19.2. The van der Waals surface area contributed by atoms with Crippen molar-refractivity contribution in [3.8, 4) is 0 Å². The van der Waals surface area contributed by atoms with E-state index in [0.717, 1.165) is 22.4 Å². The number of alkyl halides is 3. The van der Waals surface area contributed by atoms with Crippen LogP contribution in [0, 0.1) is 13.8 Å². The van der Waals surface area contributed by atoms with E-state index in [0.29, 0.717) is 5.69 Å². The van der Waals surface area contributed by atoms with Gasteiger partial charge in [-0.3, -0.25) is 9.59 Å². The maximum Gasteiger partial charge on any atom is 0.490 e. The highest BCUT2D eigenvalue weighted by Crippen LogP contribution is 2.22. The first-order valence-corrected chi connectivity index (χ1v) is 10.1. The van der Waals surface area contributed by atoms with E-state index < -0.39 is 12.1 Å². The van der Waals surface area contributed by atoms with Gasteiger partial charge < -0.3 is 20.1 Å². The second-order valence-electron chi connectivity index (χ2n) is 8.53. The molecule has 0 amide bonds. The number of hydrogen-bond donors (Lipinski definition) is 4. The predicted molar refractivity (Wildman–Crippen MR) is 121 cm³/mol. The Balaban J connectivity index is 0.000000509. The highest BCUT2D eigenvalue weighted by atomic mass is 19.4. The van der Waals surface area contributed by atoms with E-state index >= 15 is 0 Å². The third kappa shape index (κ3) is 6.56. The number of aromatic nitrogens is 4. The minimum atomic E-state index is -5.08. The minimum absolute atomic E-state index is 0.161. The lowest BCUT2D eigenvalue weighted by Gasteiger charge is -2.16. The molecule has 34 heavy (non-hydrogen) atoms. The molecule has 182 valence electrons. The van der Waals surface area contributed by atoms with E-state index in [2.05, 4.69) is 19.9 Å². The lowest BCUT2D eigenvalue weighted by Crippen LogP contribution is -2.46. The number of halogens is 3. The number of aromatic amines is 3. The zero-order chi connectivity index (χ0) is 25.8. The normalized spacial score (nSPS) is 12.9. The maximum atomic E-state index is 12.5. The van der Waals surface area contributed by atoms with E-state index in [9.17, 15) is 22.8 Å². The standard InChI is InChI=1S/C21H24N4O2.C2HF3O2/c1-12-7-6-8-14(13(12)2)9-16-19(26)25-17(20(27)24-16)10-15-18(21(3,4)5)23-11-22-15;3-2(4,5)1(6)7/h6-11H,1-5H3,(H,22,23)(H,24,27)(H,25,26);(H,6,7)/b16-9-,17-10-;. The Morgan fingerprint density at radius 3 is 2.03 bits per heavy atom. The molecule has 0 aliphatic heterocycles. The number of carboxylic acid groups (broad SMARTS) is 1. The number of rotatable bonds is 2. The van der Waals surface area contributed by atoms with Crippen molar-refractivity contribution < 1.29 is 23.1 Å². The molecule has 3 rings (SSSR count). The predicted octanol–water partition coefficient (Wildman–Crippen LogP) is 1.99. The summed E-state index contributed by atoms with van der Waals surface area (Å²) in [7, 11) is 0. The van der Waals surface area contributed by atoms with Crippen LogP contribution in [0.2, 0.25) is 0 Å². The fourth-order valence-electron chi connectivity index (χ4n) is 2.93. The molecule has 0 saturated carbocycles. The molecule has 0 saturated heterocycles. The van der Waals surface area contributed by atoms with Gasteiger partial charge in [-0.2, -0.15) is 13.2 Å². The Bertz CT molecular complexity index is 1420. The Morgan fingerprint density at radius 2 is 1.53 bits per heavy atom. The number of aryl methyl sites for hydroxylation is 1. The van der Waals surface area contributed by atoms with Gasteiger partial charge in [-0.25, -0.2) is 9.78 Å². The van der Waals surface area contributed by atoms with Crippen LogP contribution in [0.3, 0.4) is 0 Å². The first kappa shape index (κ1) is 26.4. The highest BCUT2D eigenvalue weighted by Gasteiger charge is 2.38. The molecule has 11 heteroatoms. The Hall–Kier alpha value is -3.89. The number of carbonyl (C=O) groups is 1. The molecule has 2 heterocycles. The summed E-state index contributed by atoms with van der Waals surface area (Å²) >= 11 is 0. The van der Waals surface area contributed by atoms with Gasteiger partial charge in [-0.1, -0.05) is 39.0 Å². The highest BCUT2D eigenvalue weighted by molar-refractivity contribution is 5.73. The number of nitrogens with zero attached hydrogens (tertiary/aromatic N) is 1. The number of aliphatic carboxylic acids is 1. The molecule has 3 aromatic rings. The van der Waals surface area contributed by atoms with Gasteiger partial charge in [0, 0.05) is 11.1 Å². The smallest absolute Gasteiger partial charge is 0.475 e. The molecule has 0 aliphatic rings. The number of benzene rings is 1. The average molecular weight is 478 g/mol. The molecule has 4 N–H and O–H groups in total. The quantitative estimate of drug-likeness (QED) is 0.447. The summed E-state index contributed by atoms with van der Waals surface area (Å²) in [6, 6.07) is 5.85. The third-order valence-corrected chi connectivity index (χ3v) is 4.87. The average Bonchev–Trinajstić information content (AvgIpc) is 3.18. The van der Waals surface area contributed by atoms with Gasteiger partial charge >= 0.3 is 12.1 Å². The van der Waals surface area contributed by atoms with Crippen LogP contribution in [0.25, 0.3) is 12.2 Å². The topological polar surface area (TPSA) is 132 Å². The van der Waals surface area contributed by atoms with Crippen LogP contribution in [0.1, 0.15) is 48.8 Å². The number of carboxylic acids is 1.